The van der Waals surface area contributed by atoms with Crippen molar-refractivity contribution in [2.75, 3.05) is 19.8 Å². The van der Waals surface area contributed by atoms with Crippen LogP contribution in [0.4, 0.5) is 0 Å². The first-order valence-electron chi connectivity index (χ1n) is 3.37. The van der Waals surface area contributed by atoms with E-state index >= 15 is 0 Å². The standard InChI is InChI=1S/C6H11NO5/c1-2-11-3-5(8)7-12-4-6(9)10/h2-4H2,1H3,(H,7,8)(H,9,10). The fourth-order valence-corrected chi connectivity index (χ4v) is 0.403. The highest BCUT2D eigenvalue weighted by molar-refractivity contribution is 5.76. The van der Waals surface area contributed by atoms with Crippen molar-refractivity contribution in [3.8, 4) is 0 Å². The number of nitrogens with one attached hydrogen (secondary N) is 1. The van der Waals surface area contributed by atoms with Crippen molar-refractivity contribution in [3.05, 3.63) is 0 Å². The summed E-state index contributed by atoms with van der Waals surface area (Å²) in [5, 5.41) is 8.09. The third kappa shape index (κ3) is 6.97. The Hall–Kier alpha value is -1.14. The van der Waals surface area contributed by atoms with Crippen LogP contribution in [0.5, 0.6) is 0 Å². The number of rotatable bonds is 6. The molecular weight excluding hydrogens is 166 g/mol. The minimum absolute atomic E-state index is 0.129. The average Bonchev–Trinajstić information content (AvgIpc) is 2.00. The summed E-state index contributed by atoms with van der Waals surface area (Å²) in [6, 6.07) is 0. The lowest BCUT2D eigenvalue weighted by Gasteiger charge is -2.02. The van der Waals surface area contributed by atoms with Gasteiger partial charge in [0, 0.05) is 6.61 Å². The smallest absolute Gasteiger partial charge is 0.332 e. The zero-order chi connectivity index (χ0) is 9.40. The molecule has 0 aliphatic rings. The Kier molecular flexibility index (Phi) is 5.94. The zero-order valence-corrected chi connectivity index (χ0v) is 6.70. The van der Waals surface area contributed by atoms with Crippen LogP contribution in [-0.4, -0.2) is 36.8 Å². The molecule has 0 aromatic rings. The van der Waals surface area contributed by atoms with Crippen LogP contribution in [0.15, 0.2) is 0 Å². The van der Waals surface area contributed by atoms with Crippen LogP contribution in [0.3, 0.4) is 0 Å². The van der Waals surface area contributed by atoms with Gasteiger partial charge < -0.3 is 9.84 Å². The van der Waals surface area contributed by atoms with E-state index in [2.05, 4.69) is 4.84 Å². The number of hydroxylamine groups is 1. The van der Waals surface area contributed by atoms with Crippen LogP contribution in [0, 0.1) is 0 Å². The largest absolute Gasteiger partial charge is 0.479 e. The lowest BCUT2D eigenvalue weighted by molar-refractivity contribution is -0.150. The van der Waals surface area contributed by atoms with E-state index in [0.29, 0.717) is 6.61 Å². The molecule has 0 fully saturated rings. The first kappa shape index (κ1) is 10.9. The van der Waals surface area contributed by atoms with Gasteiger partial charge in [-0.25, -0.2) is 10.3 Å². The molecule has 0 spiro atoms. The monoisotopic (exact) mass is 177 g/mol. The Labute approximate surface area is 69.4 Å². The molecule has 0 aromatic carbocycles. The molecule has 0 aliphatic heterocycles. The molecular formula is C6H11NO5. The van der Waals surface area contributed by atoms with E-state index in [-0.39, 0.29) is 6.61 Å². The number of carboxylic acids is 1. The second-order valence-corrected chi connectivity index (χ2v) is 1.84. The van der Waals surface area contributed by atoms with Crippen molar-refractivity contribution in [1.82, 2.24) is 5.48 Å². The molecule has 0 aliphatic carbocycles. The maximum atomic E-state index is 10.6. The first-order chi connectivity index (χ1) is 5.66. The number of hydrogen-bond acceptors (Lipinski definition) is 4. The van der Waals surface area contributed by atoms with Gasteiger partial charge in [0.05, 0.1) is 0 Å². The predicted molar refractivity (Wildman–Crippen MR) is 38.2 cm³/mol. The van der Waals surface area contributed by atoms with Crippen LogP contribution in [0.25, 0.3) is 0 Å². The van der Waals surface area contributed by atoms with Crippen LogP contribution < -0.4 is 5.48 Å². The summed E-state index contributed by atoms with van der Waals surface area (Å²) < 4.78 is 4.71. The van der Waals surface area contributed by atoms with E-state index in [1.807, 2.05) is 5.48 Å². The van der Waals surface area contributed by atoms with Crippen molar-refractivity contribution in [3.63, 3.8) is 0 Å². The Morgan fingerprint density at radius 1 is 1.42 bits per heavy atom. The highest BCUT2D eigenvalue weighted by atomic mass is 16.7. The molecule has 2 N–H and O–H groups in total. The van der Waals surface area contributed by atoms with E-state index in [0.717, 1.165) is 0 Å². The number of ether oxygens (including phenoxy) is 1. The molecule has 12 heavy (non-hydrogen) atoms. The van der Waals surface area contributed by atoms with Gasteiger partial charge in [-0.1, -0.05) is 0 Å². The lowest BCUT2D eigenvalue weighted by atomic mass is 10.7. The summed E-state index contributed by atoms with van der Waals surface area (Å²) >= 11 is 0. The Balaban J connectivity index is 3.25. The highest BCUT2D eigenvalue weighted by Crippen LogP contribution is 1.74. The van der Waals surface area contributed by atoms with Gasteiger partial charge in [0.25, 0.3) is 5.91 Å². The van der Waals surface area contributed by atoms with Crippen LogP contribution in [-0.2, 0) is 19.2 Å². The van der Waals surface area contributed by atoms with Gasteiger partial charge in [-0.05, 0) is 6.92 Å². The molecule has 6 heteroatoms. The van der Waals surface area contributed by atoms with Crippen molar-refractivity contribution < 1.29 is 24.3 Å². The average molecular weight is 177 g/mol. The van der Waals surface area contributed by atoms with Crippen LogP contribution in [0.1, 0.15) is 6.92 Å². The summed E-state index contributed by atoms with van der Waals surface area (Å²) in [6.45, 7) is 1.48. The quantitative estimate of drug-likeness (QED) is 0.516. The Bertz CT molecular complexity index is 158. The topological polar surface area (TPSA) is 84.9 Å². The van der Waals surface area contributed by atoms with E-state index < -0.39 is 18.5 Å². The number of amides is 1. The Morgan fingerprint density at radius 2 is 2.08 bits per heavy atom. The van der Waals surface area contributed by atoms with E-state index in [1.54, 1.807) is 6.92 Å². The number of aliphatic carboxylic acids is 1. The molecule has 1 amide bonds. The number of carbonyl (C=O) groups is 2. The van der Waals surface area contributed by atoms with E-state index in [1.165, 1.54) is 0 Å². The fourth-order valence-electron chi connectivity index (χ4n) is 0.403. The summed E-state index contributed by atoms with van der Waals surface area (Å²) in [6.07, 6.45) is 0. The van der Waals surface area contributed by atoms with E-state index in [4.69, 9.17) is 9.84 Å². The summed E-state index contributed by atoms with van der Waals surface area (Å²) in [4.78, 5) is 24.8. The molecule has 0 saturated carbocycles. The van der Waals surface area contributed by atoms with Crippen molar-refractivity contribution in [2.45, 2.75) is 6.92 Å². The number of carbonyl (C=O) groups excluding carboxylic acids is 1. The van der Waals surface area contributed by atoms with E-state index in [9.17, 15) is 9.59 Å². The highest BCUT2D eigenvalue weighted by Gasteiger charge is 2.01. The number of hydrogen-bond donors (Lipinski definition) is 2. The lowest BCUT2D eigenvalue weighted by Crippen LogP contribution is -2.29. The van der Waals surface area contributed by atoms with Crippen molar-refractivity contribution in [2.24, 2.45) is 0 Å². The van der Waals surface area contributed by atoms with Gasteiger partial charge in [0.1, 0.15) is 6.61 Å². The molecule has 70 valence electrons. The van der Waals surface area contributed by atoms with Gasteiger partial charge in [0.2, 0.25) is 0 Å². The summed E-state index contributed by atoms with van der Waals surface area (Å²) in [5.41, 5.74) is 1.90. The molecule has 6 nitrogen and oxygen atoms in total. The van der Waals surface area contributed by atoms with Crippen molar-refractivity contribution in [1.29, 1.82) is 0 Å². The van der Waals surface area contributed by atoms with Gasteiger partial charge in [-0.2, -0.15) is 0 Å². The normalized spacial score (nSPS) is 9.42. The zero-order valence-electron chi connectivity index (χ0n) is 6.70. The molecule has 0 bridgehead atoms. The third-order valence-electron chi connectivity index (χ3n) is 0.819. The molecule has 0 aromatic heterocycles. The molecule has 0 unspecified atom stereocenters. The van der Waals surface area contributed by atoms with Gasteiger partial charge in [-0.15, -0.1) is 0 Å². The predicted octanol–water partition coefficient (Wildman–Crippen LogP) is -0.845. The van der Waals surface area contributed by atoms with Gasteiger partial charge in [-0.3, -0.25) is 9.63 Å². The minimum atomic E-state index is -1.15. The third-order valence-corrected chi connectivity index (χ3v) is 0.819. The fraction of sp³-hybridized carbons (Fsp3) is 0.667. The molecule has 0 saturated heterocycles. The SMILES string of the molecule is CCOCC(=O)NOCC(=O)O. The van der Waals surface area contributed by atoms with Gasteiger partial charge >= 0.3 is 5.97 Å². The molecule has 0 rings (SSSR count). The maximum Gasteiger partial charge on any atom is 0.332 e. The second-order valence-electron chi connectivity index (χ2n) is 1.84. The minimum Gasteiger partial charge on any atom is -0.479 e. The molecule has 0 heterocycles. The maximum absolute atomic E-state index is 10.6. The summed E-state index contributed by atoms with van der Waals surface area (Å²) in [7, 11) is 0. The van der Waals surface area contributed by atoms with Crippen LogP contribution in [0.2, 0.25) is 0 Å². The van der Waals surface area contributed by atoms with Gasteiger partial charge in [0.15, 0.2) is 6.61 Å². The molecule has 0 radical (unpaired) electrons. The summed E-state index contributed by atoms with van der Waals surface area (Å²) in [5.74, 6) is -1.65. The first-order valence-corrected chi connectivity index (χ1v) is 3.37. The molecule has 0 atom stereocenters. The Morgan fingerprint density at radius 3 is 2.58 bits per heavy atom. The second kappa shape index (κ2) is 6.56. The van der Waals surface area contributed by atoms with Crippen molar-refractivity contribution >= 4 is 11.9 Å². The number of carboxylic acid groups (broad SMARTS) is 1. The van der Waals surface area contributed by atoms with Crippen LogP contribution >= 0.6 is 0 Å².